The van der Waals surface area contributed by atoms with Gasteiger partial charge in [0.2, 0.25) is 0 Å². The molecule has 0 saturated heterocycles. The summed E-state index contributed by atoms with van der Waals surface area (Å²) in [4.78, 5) is 26.2. The standard InChI is InChI=1S/C25H31NO4/c1-15(2)29-19-13-11-17(12-14-19)23-22(25(28)30-18-7-4-5-8-18)16(3)26-20-9-6-10-21(27)24(20)23/h11-15,18,23,26H,4-10H2,1-3H3/t23-/m0/s1. The van der Waals surface area contributed by atoms with E-state index in [0.717, 1.165) is 66.8 Å². The van der Waals surface area contributed by atoms with E-state index in [9.17, 15) is 9.59 Å². The minimum atomic E-state index is -0.393. The summed E-state index contributed by atoms with van der Waals surface area (Å²) in [7, 11) is 0. The fraction of sp³-hybridized carbons (Fsp3) is 0.520. The molecule has 5 heteroatoms. The number of hydrogen-bond donors (Lipinski definition) is 1. The maximum Gasteiger partial charge on any atom is 0.337 e. The molecule has 0 unspecified atom stereocenters. The van der Waals surface area contributed by atoms with Crippen LogP contribution in [0.2, 0.25) is 0 Å². The lowest BCUT2D eigenvalue weighted by molar-refractivity contribution is -0.144. The number of benzene rings is 1. The van der Waals surface area contributed by atoms with E-state index < -0.39 is 5.92 Å². The molecule has 5 nitrogen and oxygen atoms in total. The van der Waals surface area contributed by atoms with E-state index in [0.29, 0.717) is 12.0 Å². The Morgan fingerprint density at radius 3 is 2.43 bits per heavy atom. The van der Waals surface area contributed by atoms with Crippen molar-refractivity contribution in [2.75, 3.05) is 0 Å². The number of esters is 1. The Hall–Kier alpha value is -2.56. The van der Waals surface area contributed by atoms with E-state index >= 15 is 0 Å². The third kappa shape index (κ3) is 4.16. The van der Waals surface area contributed by atoms with Gasteiger partial charge in [-0.3, -0.25) is 4.79 Å². The number of ether oxygens (including phenoxy) is 2. The summed E-state index contributed by atoms with van der Waals surface area (Å²) in [6.07, 6.45) is 6.30. The Morgan fingerprint density at radius 1 is 1.07 bits per heavy atom. The van der Waals surface area contributed by atoms with Crippen LogP contribution < -0.4 is 10.1 Å². The van der Waals surface area contributed by atoms with Crippen LogP contribution in [-0.2, 0) is 14.3 Å². The van der Waals surface area contributed by atoms with Crippen LogP contribution in [0.5, 0.6) is 5.75 Å². The summed E-state index contributed by atoms with van der Waals surface area (Å²) in [5, 5.41) is 3.35. The summed E-state index contributed by atoms with van der Waals surface area (Å²) in [6.45, 7) is 5.89. The van der Waals surface area contributed by atoms with Gasteiger partial charge in [-0.05, 0) is 77.0 Å². The lowest BCUT2D eigenvalue weighted by Crippen LogP contribution is -2.35. The fourth-order valence-electron chi connectivity index (χ4n) is 4.82. The van der Waals surface area contributed by atoms with E-state index in [4.69, 9.17) is 9.47 Å². The second kappa shape index (κ2) is 8.66. The van der Waals surface area contributed by atoms with E-state index in [-0.39, 0.29) is 24.0 Å². The molecule has 4 rings (SSSR count). The van der Waals surface area contributed by atoms with Gasteiger partial charge in [0, 0.05) is 29.3 Å². The first-order chi connectivity index (χ1) is 14.4. The molecule has 1 aromatic carbocycles. The van der Waals surface area contributed by atoms with Gasteiger partial charge in [0.05, 0.1) is 11.7 Å². The number of hydrogen-bond acceptors (Lipinski definition) is 5. The molecule has 0 amide bonds. The average Bonchev–Trinajstić information content (AvgIpc) is 3.20. The zero-order chi connectivity index (χ0) is 21.3. The molecule has 30 heavy (non-hydrogen) atoms. The second-order valence-electron chi connectivity index (χ2n) is 8.81. The van der Waals surface area contributed by atoms with Crippen LogP contribution in [0.3, 0.4) is 0 Å². The molecule has 1 atom stereocenters. The summed E-state index contributed by atoms with van der Waals surface area (Å²) < 4.78 is 11.6. The predicted molar refractivity (Wildman–Crippen MR) is 115 cm³/mol. The van der Waals surface area contributed by atoms with Gasteiger partial charge in [0.15, 0.2) is 5.78 Å². The first kappa shape index (κ1) is 20.7. The smallest absolute Gasteiger partial charge is 0.337 e. The van der Waals surface area contributed by atoms with Crippen LogP contribution in [0.1, 0.15) is 77.2 Å². The largest absolute Gasteiger partial charge is 0.491 e. The molecule has 1 heterocycles. The molecule has 1 saturated carbocycles. The van der Waals surface area contributed by atoms with Crippen LogP contribution in [0.15, 0.2) is 46.8 Å². The van der Waals surface area contributed by atoms with Gasteiger partial charge in [0.1, 0.15) is 11.9 Å². The number of ketones is 1. The highest BCUT2D eigenvalue weighted by molar-refractivity contribution is 6.03. The first-order valence-corrected chi connectivity index (χ1v) is 11.2. The van der Waals surface area contributed by atoms with Crippen molar-refractivity contribution in [2.24, 2.45) is 0 Å². The Morgan fingerprint density at radius 2 is 1.77 bits per heavy atom. The number of rotatable bonds is 5. The minimum absolute atomic E-state index is 0.0160. The number of carbonyl (C=O) groups is 2. The molecule has 1 aliphatic heterocycles. The van der Waals surface area contributed by atoms with Crippen molar-refractivity contribution in [1.82, 2.24) is 5.32 Å². The predicted octanol–water partition coefficient (Wildman–Crippen LogP) is 4.93. The third-order valence-electron chi connectivity index (χ3n) is 6.16. The molecule has 160 valence electrons. The normalized spacial score (nSPS) is 22.3. The topological polar surface area (TPSA) is 64.6 Å². The van der Waals surface area contributed by atoms with E-state index in [1.165, 1.54) is 0 Å². The second-order valence-corrected chi connectivity index (χ2v) is 8.81. The third-order valence-corrected chi connectivity index (χ3v) is 6.16. The molecular weight excluding hydrogens is 378 g/mol. The van der Waals surface area contributed by atoms with Gasteiger partial charge in [-0.25, -0.2) is 4.79 Å². The highest BCUT2D eigenvalue weighted by Gasteiger charge is 2.39. The number of nitrogens with one attached hydrogen (secondary N) is 1. The average molecular weight is 410 g/mol. The lowest BCUT2D eigenvalue weighted by atomic mass is 9.75. The number of allylic oxidation sites excluding steroid dienone is 3. The Balaban J connectivity index is 1.71. The molecule has 1 N–H and O–H groups in total. The van der Waals surface area contributed by atoms with Crippen molar-refractivity contribution < 1.29 is 19.1 Å². The van der Waals surface area contributed by atoms with Crippen LogP contribution >= 0.6 is 0 Å². The molecule has 0 radical (unpaired) electrons. The summed E-state index contributed by atoms with van der Waals surface area (Å²) in [6, 6.07) is 7.77. The van der Waals surface area contributed by atoms with Crippen LogP contribution in [0.4, 0.5) is 0 Å². The Kier molecular flexibility index (Phi) is 5.98. The zero-order valence-corrected chi connectivity index (χ0v) is 18.1. The highest BCUT2D eigenvalue weighted by Crippen LogP contribution is 2.43. The Bertz CT molecular complexity index is 888. The highest BCUT2D eigenvalue weighted by atomic mass is 16.5. The summed E-state index contributed by atoms with van der Waals surface area (Å²) in [5.41, 5.74) is 3.96. The van der Waals surface area contributed by atoms with E-state index in [1.807, 2.05) is 45.0 Å². The maximum absolute atomic E-state index is 13.3. The van der Waals surface area contributed by atoms with Gasteiger partial charge < -0.3 is 14.8 Å². The molecule has 2 aliphatic carbocycles. The minimum Gasteiger partial charge on any atom is -0.491 e. The molecule has 0 aromatic heterocycles. The van der Waals surface area contributed by atoms with Crippen LogP contribution in [0, 0.1) is 0 Å². The van der Waals surface area contributed by atoms with Crippen molar-refractivity contribution in [3.05, 3.63) is 52.4 Å². The van der Waals surface area contributed by atoms with Crippen molar-refractivity contribution in [2.45, 2.75) is 83.8 Å². The Labute approximate surface area is 178 Å². The molecule has 1 aromatic rings. The molecule has 0 bridgehead atoms. The number of dihydropyridines is 1. The maximum atomic E-state index is 13.3. The first-order valence-electron chi connectivity index (χ1n) is 11.2. The molecular formula is C25H31NO4. The summed E-state index contributed by atoms with van der Waals surface area (Å²) in [5.74, 6) is 0.206. The van der Waals surface area contributed by atoms with Crippen molar-refractivity contribution in [3.63, 3.8) is 0 Å². The van der Waals surface area contributed by atoms with Crippen molar-refractivity contribution in [3.8, 4) is 5.75 Å². The zero-order valence-electron chi connectivity index (χ0n) is 18.1. The van der Waals surface area contributed by atoms with Crippen LogP contribution in [0.25, 0.3) is 0 Å². The molecule has 1 fully saturated rings. The lowest BCUT2D eigenvalue weighted by Gasteiger charge is -2.34. The van der Waals surface area contributed by atoms with Crippen molar-refractivity contribution in [1.29, 1.82) is 0 Å². The quantitative estimate of drug-likeness (QED) is 0.699. The van der Waals surface area contributed by atoms with Crippen molar-refractivity contribution >= 4 is 11.8 Å². The van der Waals surface area contributed by atoms with Gasteiger partial charge in [0.25, 0.3) is 0 Å². The van der Waals surface area contributed by atoms with E-state index in [2.05, 4.69) is 5.32 Å². The molecule has 3 aliphatic rings. The SMILES string of the molecule is CC1=C(C(=O)OC2CCCC2)[C@H](c2ccc(OC(C)C)cc2)C2=C(CCCC2=O)N1. The van der Waals surface area contributed by atoms with E-state index in [1.54, 1.807) is 0 Å². The number of Topliss-reactive ketones (excluding diaryl/α,β-unsaturated/α-hetero) is 1. The summed E-state index contributed by atoms with van der Waals surface area (Å²) >= 11 is 0. The molecule has 0 spiro atoms. The van der Waals surface area contributed by atoms with Crippen LogP contribution in [-0.4, -0.2) is 24.0 Å². The fourth-order valence-corrected chi connectivity index (χ4v) is 4.82. The van der Waals surface area contributed by atoms with Gasteiger partial charge in [-0.2, -0.15) is 0 Å². The number of carbonyl (C=O) groups excluding carboxylic acids is 2. The van der Waals surface area contributed by atoms with Gasteiger partial charge in [-0.15, -0.1) is 0 Å². The van der Waals surface area contributed by atoms with Gasteiger partial charge >= 0.3 is 5.97 Å². The van der Waals surface area contributed by atoms with Gasteiger partial charge in [-0.1, -0.05) is 12.1 Å². The monoisotopic (exact) mass is 409 g/mol.